The Morgan fingerprint density at radius 3 is 2.05 bits per heavy atom. The van der Waals surface area contributed by atoms with Crippen LogP contribution in [0.2, 0.25) is 0 Å². The molecule has 2 saturated heterocycles. The van der Waals surface area contributed by atoms with Crippen LogP contribution >= 0.6 is 0 Å². The van der Waals surface area contributed by atoms with Gasteiger partial charge in [0, 0.05) is 35.3 Å². The third-order valence-corrected chi connectivity index (χ3v) is 4.20. The van der Waals surface area contributed by atoms with Gasteiger partial charge in [-0.25, -0.2) is 0 Å². The maximum atomic E-state index is 5.12. The molecular weight excluding hydrogens is 234 g/mol. The van der Waals surface area contributed by atoms with E-state index in [1.165, 1.54) is 5.71 Å². The molecule has 0 bridgehead atoms. The van der Waals surface area contributed by atoms with E-state index < -0.39 is 0 Å². The highest BCUT2D eigenvalue weighted by molar-refractivity contribution is 5.86. The maximum Gasteiger partial charge on any atom is 0.0533 e. The van der Waals surface area contributed by atoms with Crippen LogP contribution in [-0.2, 0) is 0 Å². The van der Waals surface area contributed by atoms with E-state index in [-0.39, 0.29) is 16.6 Å². The van der Waals surface area contributed by atoms with Crippen molar-refractivity contribution in [3.63, 3.8) is 0 Å². The third-order valence-electron chi connectivity index (χ3n) is 4.20. The summed E-state index contributed by atoms with van der Waals surface area (Å²) < 4.78 is 0. The lowest BCUT2D eigenvalue weighted by Gasteiger charge is -2.45. The Hall–Kier alpha value is -0.410. The van der Waals surface area contributed by atoms with Crippen LogP contribution in [0.4, 0.5) is 0 Å². The van der Waals surface area contributed by atoms with Gasteiger partial charge in [-0.15, -0.1) is 0 Å². The fraction of sp³-hybridized carbons (Fsp3) is 0.938. The average molecular weight is 265 g/mol. The van der Waals surface area contributed by atoms with Crippen molar-refractivity contribution in [1.29, 1.82) is 0 Å². The van der Waals surface area contributed by atoms with Gasteiger partial charge < -0.3 is 10.6 Å². The predicted octanol–water partition coefficient (Wildman–Crippen LogP) is 2.90. The fourth-order valence-electron chi connectivity index (χ4n) is 3.93. The lowest BCUT2D eigenvalue weighted by molar-refractivity contribution is 0.164. The molecule has 0 radical (unpaired) electrons. The Labute approximate surface area is 118 Å². The number of hydrogen-bond donors (Lipinski definition) is 2. The first-order valence-electron chi connectivity index (χ1n) is 7.67. The fourth-order valence-corrected chi connectivity index (χ4v) is 3.93. The zero-order valence-corrected chi connectivity index (χ0v) is 13.6. The molecule has 2 fully saturated rings. The van der Waals surface area contributed by atoms with E-state index in [0.717, 1.165) is 32.2 Å². The van der Waals surface area contributed by atoms with Gasteiger partial charge in [-0.05, 0) is 60.8 Å². The van der Waals surface area contributed by atoms with Gasteiger partial charge >= 0.3 is 0 Å². The van der Waals surface area contributed by atoms with E-state index >= 15 is 0 Å². The van der Waals surface area contributed by atoms with Crippen molar-refractivity contribution < 1.29 is 0 Å². The van der Waals surface area contributed by atoms with Gasteiger partial charge in [-0.1, -0.05) is 0 Å². The van der Waals surface area contributed by atoms with E-state index in [9.17, 15) is 0 Å². The van der Waals surface area contributed by atoms with Crippen LogP contribution in [0, 0.1) is 0 Å². The van der Waals surface area contributed by atoms with E-state index in [0.29, 0.717) is 6.04 Å². The molecule has 2 aliphatic rings. The molecule has 0 atom stereocenters. The summed E-state index contributed by atoms with van der Waals surface area (Å²) in [4.78, 5) is 5.12. The molecule has 3 heteroatoms. The molecular formula is C16H31N3. The monoisotopic (exact) mass is 265 g/mol. The molecule has 0 spiro atoms. The first kappa shape index (κ1) is 15.0. The normalized spacial score (nSPS) is 32.4. The molecule has 110 valence electrons. The van der Waals surface area contributed by atoms with Gasteiger partial charge in [-0.3, -0.25) is 4.99 Å². The summed E-state index contributed by atoms with van der Waals surface area (Å²) in [7, 11) is 0. The summed E-state index contributed by atoms with van der Waals surface area (Å²) in [5.41, 5.74) is 2.02. The van der Waals surface area contributed by atoms with Crippen LogP contribution < -0.4 is 10.6 Å². The van der Waals surface area contributed by atoms with E-state index in [1.807, 2.05) is 0 Å². The number of hydrogen-bond acceptors (Lipinski definition) is 3. The van der Waals surface area contributed by atoms with Crippen LogP contribution in [0.5, 0.6) is 0 Å². The Balaban J connectivity index is 2.09. The second-order valence-corrected chi connectivity index (χ2v) is 8.39. The number of rotatable bonds is 1. The van der Waals surface area contributed by atoms with E-state index in [2.05, 4.69) is 52.2 Å². The molecule has 0 aliphatic carbocycles. The highest BCUT2D eigenvalue weighted by atomic mass is 15.1. The van der Waals surface area contributed by atoms with Crippen molar-refractivity contribution >= 4 is 5.71 Å². The van der Waals surface area contributed by atoms with Crippen molar-refractivity contribution in [2.75, 3.05) is 6.54 Å². The van der Waals surface area contributed by atoms with Gasteiger partial charge in [0.25, 0.3) is 0 Å². The van der Waals surface area contributed by atoms with Crippen molar-refractivity contribution in [2.24, 2.45) is 4.99 Å². The van der Waals surface area contributed by atoms with Crippen LogP contribution in [-0.4, -0.2) is 34.9 Å². The topological polar surface area (TPSA) is 36.4 Å². The zero-order valence-electron chi connectivity index (χ0n) is 13.6. The first-order valence-corrected chi connectivity index (χ1v) is 7.67. The lowest BCUT2D eigenvalue weighted by atomic mass is 9.79. The van der Waals surface area contributed by atoms with Crippen molar-refractivity contribution in [1.82, 2.24) is 10.6 Å². The minimum atomic E-state index is 0.193. The lowest BCUT2D eigenvalue weighted by Crippen LogP contribution is -2.59. The molecule has 0 saturated carbocycles. The second kappa shape index (κ2) is 4.85. The van der Waals surface area contributed by atoms with E-state index in [4.69, 9.17) is 4.99 Å². The van der Waals surface area contributed by atoms with Gasteiger partial charge in [0.2, 0.25) is 0 Å². The summed E-state index contributed by atoms with van der Waals surface area (Å²) in [5.74, 6) is 0. The van der Waals surface area contributed by atoms with Crippen LogP contribution in [0.1, 0.15) is 67.2 Å². The highest BCUT2D eigenvalue weighted by Crippen LogP contribution is 2.31. The zero-order chi connectivity index (χ0) is 14.3. The Morgan fingerprint density at radius 1 is 0.947 bits per heavy atom. The molecule has 0 unspecified atom stereocenters. The van der Waals surface area contributed by atoms with Gasteiger partial charge in [0.05, 0.1) is 6.04 Å². The molecule has 0 aromatic heterocycles. The number of aliphatic imine (C=N–C) groups is 1. The summed E-state index contributed by atoms with van der Waals surface area (Å²) in [6.45, 7) is 14.8. The van der Waals surface area contributed by atoms with Crippen LogP contribution in [0.15, 0.2) is 4.99 Å². The first-order chi connectivity index (χ1) is 8.57. The molecule has 2 aliphatic heterocycles. The molecule has 19 heavy (non-hydrogen) atoms. The van der Waals surface area contributed by atoms with Crippen molar-refractivity contribution in [3.8, 4) is 0 Å². The van der Waals surface area contributed by atoms with E-state index in [1.54, 1.807) is 0 Å². The summed E-state index contributed by atoms with van der Waals surface area (Å²) >= 11 is 0. The molecule has 2 N–H and O–H groups in total. The molecule has 0 aromatic rings. The SMILES string of the molecule is CC1(C)C/C(=N/C2CC(C)(C)NC(C)(C)C2)CCN1. The summed E-state index contributed by atoms with van der Waals surface area (Å²) in [6.07, 6.45) is 4.51. The Bertz CT molecular complexity index is 350. The summed E-state index contributed by atoms with van der Waals surface area (Å²) in [6, 6.07) is 0.482. The number of nitrogens with one attached hydrogen (secondary N) is 2. The summed E-state index contributed by atoms with van der Waals surface area (Å²) in [5, 5.41) is 7.30. The number of nitrogens with zero attached hydrogens (tertiary/aromatic N) is 1. The Morgan fingerprint density at radius 2 is 1.53 bits per heavy atom. The maximum absolute atomic E-state index is 5.12. The predicted molar refractivity (Wildman–Crippen MR) is 83.1 cm³/mol. The number of piperidine rings is 2. The standard InChI is InChI=1S/C16H31N3/c1-14(2)9-12(7-8-17-14)18-13-10-15(3,4)19-16(5,6)11-13/h13,17,19H,7-11H2,1-6H3/b18-12+. The Kier molecular flexibility index (Phi) is 3.83. The smallest absolute Gasteiger partial charge is 0.0533 e. The third kappa shape index (κ3) is 4.28. The largest absolute Gasteiger partial charge is 0.311 e. The minimum Gasteiger partial charge on any atom is -0.311 e. The molecule has 2 heterocycles. The molecule has 3 nitrogen and oxygen atoms in total. The van der Waals surface area contributed by atoms with Crippen molar-refractivity contribution in [3.05, 3.63) is 0 Å². The van der Waals surface area contributed by atoms with Crippen LogP contribution in [0.3, 0.4) is 0 Å². The minimum absolute atomic E-state index is 0.193. The molecule has 2 rings (SSSR count). The van der Waals surface area contributed by atoms with Crippen LogP contribution in [0.25, 0.3) is 0 Å². The molecule has 0 aromatic carbocycles. The van der Waals surface area contributed by atoms with Gasteiger partial charge in [0.1, 0.15) is 0 Å². The highest BCUT2D eigenvalue weighted by Gasteiger charge is 2.38. The van der Waals surface area contributed by atoms with Gasteiger partial charge in [0.15, 0.2) is 0 Å². The molecule has 0 amide bonds. The average Bonchev–Trinajstić information content (AvgIpc) is 2.09. The second-order valence-electron chi connectivity index (χ2n) is 8.39. The van der Waals surface area contributed by atoms with Gasteiger partial charge in [-0.2, -0.15) is 0 Å². The quantitative estimate of drug-likeness (QED) is 0.765. The van der Waals surface area contributed by atoms with Crippen molar-refractivity contribution in [2.45, 2.75) is 89.9 Å².